The predicted molar refractivity (Wildman–Crippen MR) is 202 cm³/mol. The van der Waals surface area contributed by atoms with Crippen LogP contribution in [0.1, 0.15) is 0 Å². The van der Waals surface area contributed by atoms with Crippen molar-refractivity contribution in [1.82, 2.24) is 0 Å². The Labute approximate surface area is 275 Å². The van der Waals surface area contributed by atoms with Crippen LogP contribution in [0, 0.1) is 0 Å². The minimum atomic E-state index is 0.876. The summed E-state index contributed by atoms with van der Waals surface area (Å²) in [5, 5.41) is 9.64. The van der Waals surface area contributed by atoms with Crippen LogP contribution in [0.3, 0.4) is 0 Å². The van der Waals surface area contributed by atoms with E-state index in [0.29, 0.717) is 0 Å². The first-order valence-corrected chi connectivity index (χ1v) is 16.8. The number of fused-ring (bicyclic) bond motifs is 11. The Morgan fingerprint density at radius 1 is 0.447 bits per heavy atom. The van der Waals surface area contributed by atoms with E-state index < -0.39 is 0 Å². The molecule has 2 heterocycles. The molecule has 8 aromatic carbocycles. The number of nitrogens with zero attached hydrogens (tertiary/aromatic N) is 1. The van der Waals surface area contributed by atoms with Crippen molar-refractivity contribution in [3.8, 4) is 11.1 Å². The molecule has 0 fully saturated rings. The van der Waals surface area contributed by atoms with Crippen LogP contribution in [0.25, 0.3) is 74.8 Å². The molecule has 3 heteroatoms. The number of benzene rings is 8. The quantitative estimate of drug-likeness (QED) is 0.183. The van der Waals surface area contributed by atoms with Crippen molar-refractivity contribution >= 4 is 92.1 Å². The summed E-state index contributed by atoms with van der Waals surface area (Å²) in [6, 6.07) is 58.8. The van der Waals surface area contributed by atoms with Gasteiger partial charge in [0.05, 0.1) is 16.1 Å². The van der Waals surface area contributed by atoms with E-state index in [1.54, 1.807) is 0 Å². The van der Waals surface area contributed by atoms with Gasteiger partial charge in [0, 0.05) is 48.9 Å². The number of hydrogen-bond acceptors (Lipinski definition) is 3. The lowest BCUT2D eigenvalue weighted by molar-refractivity contribution is 0.673. The number of furan rings is 1. The molecule has 220 valence electrons. The molecule has 10 aromatic rings. The molecule has 2 nitrogen and oxygen atoms in total. The molecule has 0 saturated heterocycles. The monoisotopic (exact) mass is 617 g/mol. The van der Waals surface area contributed by atoms with E-state index in [9.17, 15) is 0 Å². The van der Waals surface area contributed by atoms with E-state index in [0.717, 1.165) is 55.5 Å². The maximum Gasteiger partial charge on any atom is 0.143 e. The third kappa shape index (κ3) is 3.97. The van der Waals surface area contributed by atoms with Gasteiger partial charge in [-0.1, -0.05) is 127 Å². The maximum atomic E-state index is 6.94. The minimum Gasteiger partial charge on any atom is -0.455 e. The second-order valence-corrected chi connectivity index (χ2v) is 13.1. The van der Waals surface area contributed by atoms with E-state index >= 15 is 0 Å². The fourth-order valence-corrected chi connectivity index (χ4v) is 8.57. The summed E-state index contributed by atoms with van der Waals surface area (Å²) < 4.78 is 9.49. The Kier molecular flexibility index (Phi) is 5.78. The average Bonchev–Trinajstić information content (AvgIpc) is 3.72. The lowest BCUT2D eigenvalue weighted by atomic mass is 9.95. The lowest BCUT2D eigenvalue weighted by Gasteiger charge is -2.28. The van der Waals surface area contributed by atoms with Gasteiger partial charge in [-0.15, -0.1) is 11.3 Å². The second-order valence-electron chi connectivity index (χ2n) is 12.1. The zero-order valence-corrected chi connectivity index (χ0v) is 26.2. The van der Waals surface area contributed by atoms with Gasteiger partial charge in [0.2, 0.25) is 0 Å². The van der Waals surface area contributed by atoms with Crippen LogP contribution in [0.2, 0.25) is 0 Å². The Hall–Kier alpha value is -5.90. The van der Waals surface area contributed by atoms with Gasteiger partial charge in [0.1, 0.15) is 11.2 Å². The first kappa shape index (κ1) is 26.3. The molecule has 0 atom stereocenters. The molecule has 0 amide bonds. The molecule has 0 unspecified atom stereocenters. The van der Waals surface area contributed by atoms with Crippen LogP contribution < -0.4 is 4.90 Å². The average molecular weight is 618 g/mol. The normalized spacial score (nSPS) is 11.8. The summed E-state index contributed by atoms with van der Waals surface area (Å²) in [7, 11) is 0. The topological polar surface area (TPSA) is 16.4 Å². The van der Waals surface area contributed by atoms with Crippen LogP contribution in [-0.4, -0.2) is 0 Å². The van der Waals surface area contributed by atoms with Gasteiger partial charge in [-0.05, 0) is 52.1 Å². The molecule has 0 saturated carbocycles. The first-order chi connectivity index (χ1) is 23.3. The molecule has 0 N–H and O–H groups in total. The van der Waals surface area contributed by atoms with Crippen molar-refractivity contribution in [1.29, 1.82) is 0 Å². The number of para-hydroxylation sites is 1. The molecule has 0 bridgehead atoms. The smallest absolute Gasteiger partial charge is 0.143 e. The van der Waals surface area contributed by atoms with E-state index in [1.165, 1.54) is 36.3 Å². The third-order valence-corrected chi connectivity index (χ3v) is 10.6. The Bertz CT molecular complexity index is 2790. The highest BCUT2D eigenvalue weighted by Gasteiger charge is 2.24. The van der Waals surface area contributed by atoms with Crippen molar-refractivity contribution in [2.75, 3.05) is 4.90 Å². The molecular weight excluding hydrogens is 591 g/mol. The van der Waals surface area contributed by atoms with E-state index in [1.807, 2.05) is 11.3 Å². The molecule has 0 aliphatic rings. The Morgan fingerprint density at radius 2 is 1.06 bits per heavy atom. The van der Waals surface area contributed by atoms with Gasteiger partial charge in [-0.2, -0.15) is 0 Å². The predicted octanol–water partition coefficient (Wildman–Crippen LogP) is 13.4. The van der Waals surface area contributed by atoms with E-state index in [4.69, 9.17) is 4.42 Å². The van der Waals surface area contributed by atoms with E-state index in [-0.39, 0.29) is 0 Å². The van der Waals surface area contributed by atoms with Gasteiger partial charge in [0.25, 0.3) is 0 Å². The Morgan fingerprint density at radius 3 is 1.85 bits per heavy atom. The van der Waals surface area contributed by atoms with Gasteiger partial charge in [-0.3, -0.25) is 0 Å². The second kappa shape index (κ2) is 10.3. The fraction of sp³-hybridized carbons (Fsp3) is 0. The van der Waals surface area contributed by atoms with Crippen molar-refractivity contribution in [2.45, 2.75) is 0 Å². The molecule has 0 aliphatic carbocycles. The summed E-state index contributed by atoms with van der Waals surface area (Å²) in [5.41, 5.74) is 7.45. The summed E-state index contributed by atoms with van der Waals surface area (Å²) in [6.07, 6.45) is 0. The van der Waals surface area contributed by atoms with Crippen LogP contribution in [0.15, 0.2) is 168 Å². The van der Waals surface area contributed by atoms with E-state index in [2.05, 4.69) is 169 Å². The number of thiophene rings is 1. The highest BCUT2D eigenvalue weighted by Crippen LogP contribution is 2.50. The van der Waals surface area contributed by atoms with Crippen molar-refractivity contribution < 1.29 is 4.42 Å². The van der Waals surface area contributed by atoms with Crippen LogP contribution in [0.4, 0.5) is 17.1 Å². The number of hydrogen-bond donors (Lipinski definition) is 0. The third-order valence-electron chi connectivity index (χ3n) is 9.43. The summed E-state index contributed by atoms with van der Waals surface area (Å²) in [6.45, 7) is 0. The first-order valence-electron chi connectivity index (χ1n) is 15.9. The summed E-state index contributed by atoms with van der Waals surface area (Å²) in [5.74, 6) is 0. The van der Waals surface area contributed by atoms with Crippen molar-refractivity contribution in [3.63, 3.8) is 0 Å². The van der Waals surface area contributed by atoms with Crippen molar-refractivity contribution in [3.05, 3.63) is 164 Å². The SMILES string of the molecule is c1ccc(-c2cc3c(cc2N(c2ccccc2)c2cccc4c2sc2ccccc24)oc2c4ccccc4c4ccccc4c32)cc1. The van der Waals surface area contributed by atoms with Crippen LogP contribution in [-0.2, 0) is 0 Å². The van der Waals surface area contributed by atoms with Gasteiger partial charge >= 0.3 is 0 Å². The number of anilines is 3. The molecular formula is C44H27NOS. The molecule has 10 rings (SSSR count). The largest absolute Gasteiger partial charge is 0.455 e. The highest BCUT2D eigenvalue weighted by molar-refractivity contribution is 7.26. The molecule has 47 heavy (non-hydrogen) atoms. The lowest BCUT2D eigenvalue weighted by Crippen LogP contribution is -2.11. The molecule has 0 radical (unpaired) electrons. The van der Waals surface area contributed by atoms with Crippen molar-refractivity contribution in [2.24, 2.45) is 0 Å². The minimum absolute atomic E-state index is 0.876. The standard InChI is InChI=1S/C44H27NOS/c1-3-14-28(15-4-1)36-26-37-40(46-43-34-22-10-8-19-31(34)30-18-7-9-21-33(30)42(37)43)27-39(36)45(29-16-5-2-6-17-29)38-24-13-23-35-32-20-11-12-25-41(32)47-44(35)38/h1-27H. The van der Waals surface area contributed by atoms with Crippen LogP contribution >= 0.6 is 11.3 Å². The van der Waals surface area contributed by atoms with Gasteiger partial charge in [-0.25, -0.2) is 0 Å². The van der Waals surface area contributed by atoms with Crippen LogP contribution in [0.5, 0.6) is 0 Å². The van der Waals surface area contributed by atoms with Gasteiger partial charge < -0.3 is 9.32 Å². The zero-order chi connectivity index (χ0) is 30.9. The highest BCUT2D eigenvalue weighted by atomic mass is 32.1. The summed E-state index contributed by atoms with van der Waals surface area (Å²) in [4.78, 5) is 2.42. The molecule has 0 aliphatic heterocycles. The van der Waals surface area contributed by atoms with Gasteiger partial charge in [0.15, 0.2) is 0 Å². The molecule has 2 aromatic heterocycles. The maximum absolute atomic E-state index is 6.94. The Balaban J connectivity index is 1.36. The molecule has 0 spiro atoms. The fourth-order valence-electron chi connectivity index (χ4n) is 7.37. The zero-order valence-electron chi connectivity index (χ0n) is 25.4. The summed E-state index contributed by atoms with van der Waals surface area (Å²) >= 11 is 1.85. The number of rotatable bonds is 4.